The molecular formula is C34H55N7O6. The molecule has 1 saturated heterocycles. The van der Waals surface area contributed by atoms with E-state index in [0.29, 0.717) is 54.6 Å². The molecule has 0 spiro atoms. The van der Waals surface area contributed by atoms with Crippen LogP contribution in [0.4, 0.5) is 10.6 Å². The first-order valence-corrected chi connectivity index (χ1v) is 16.5. The Bertz CT molecular complexity index is 1380. The summed E-state index contributed by atoms with van der Waals surface area (Å²) in [5.41, 5.74) is 0.309. The lowest BCUT2D eigenvalue weighted by molar-refractivity contribution is 0.00602. The number of nitrogens with one attached hydrogen (secondary N) is 1. The Kier molecular flexibility index (Phi) is 12.8. The molecule has 2 atom stereocenters. The number of likely N-dealkylation sites (tertiary alicyclic amines) is 1. The number of anilines is 1. The van der Waals surface area contributed by atoms with Gasteiger partial charge in [-0.1, -0.05) is 34.6 Å². The van der Waals surface area contributed by atoms with Crippen molar-refractivity contribution in [2.75, 3.05) is 51.8 Å². The van der Waals surface area contributed by atoms with E-state index < -0.39 is 23.7 Å². The zero-order chi connectivity index (χ0) is 35.1. The topological polar surface area (TPSA) is 141 Å². The molecule has 3 heterocycles. The Hall–Kier alpha value is -3.74. The normalized spacial score (nSPS) is 17.1. The lowest BCUT2D eigenvalue weighted by atomic mass is 9.88. The summed E-state index contributed by atoms with van der Waals surface area (Å²) < 4.78 is 18.0. The van der Waals surface area contributed by atoms with Gasteiger partial charge in [0, 0.05) is 64.5 Å². The molecular weight excluding hydrogens is 602 g/mol. The molecule has 0 aliphatic carbocycles. The number of methoxy groups -OCH3 is 1. The Labute approximate surface area is 279 Å². The number of amides is 2. The van der Waals surface area contributed by atoms with Gasteiger partial charge in [0.15, 0.2) is 0 Å². The number of hydrogen-bond donors (Lipinski definition) is 1. The standard InChI is InChI=1S/C34H55N7O6/c1-12-46-30(43)25-18-37-39(10)27(25)23-16-24(21-40(20-23)32(44)47-34(7,8)9)41(19-22(2)3)29(42)26-17-36-31(33(4,5)6)38-28(26)35-14-13-15-45-11/h17-18,22-24H,12-16,19-21H2,1-11H3,(H,35,36,38)/t23-,24+/m1/s1. The monoisotopic (exact) mass is 657 g/mol. The summed E-state index contributed by atoms with van der Waals surface area (Å²) in [7, 11) is 3.42. The van der Waals surface area contributed by atoms with Gasteiger partial charge in [-0.2, -0.15) is 5.10 Å². The van der Waals surface area contributed by atoms with Crippen LogP contribution in [0.3, 0.4) is 0 Å². The number of esters is 1. The van der Waals surface area contributed by atoms with Crippen molar-refractivity contribution in [2.45, 2.75) is 98.1 Å². The number of piperidine rings is 1. The van der Waals surface area contributed by atoms with E-state index in [1.54, 1.807) is 36.9 Å². The summed E-state index contributed by atoms with van der Waals surface area (Å²) in [6.07, 6.45) is 3.84. The fourth-order valence-corrected chi connectivity index (χ4v) is 5.67. The van der Waals surface area contributed by atoms with Gasteiger partial charge < -0.3 is 29.3 Å². The third kappa shape index (κ3) is 10.1. The minimum atomic E-state index is -0.717. The van der Waals surface area contributed by atoms with E-state index in [9.17, 15) is 14.4 Å². The quantitative estimate of drug-likeness (QED) is 0.244. The van der Waals surface area contributed by atoms with Crippen molar-refractivity contribution in [3.8, 4) is 0 Å². The van der Waals surface area contributed by atoms with Gasteiger partial charge in [0.05, 0.1) is 24.5 Å². The summed E-state index contributed by atoms with van der Waals surface area (Å²) in [6.45, 7) is 19.7. The van der Waals surface area contributed by atoms with Crippen molar-refractivity contribution in [1.29, 1.82) is 0 Å². The van der Waals surface area contributed by atoms with E-state index in [1.807, 2.05) is 46.4 Å². The highest BCUT2D eigenvalue weighted by atomic mass is 16.6. The van der Waals surface area contributed by atoms with Gasteiger partial charge >= 0.3 is 12.1 Å². The van der Waals surface area contributed by atoms with Gasteiger partial charge in [-0.25, -0.2) is 19.6 Å². The number of rotatable bonds is 12. The molecule has 3 rings (SSSR count). The van der Waals surface area contributed by atoms with Crippen molar-refractivity contribution in [2.24, 2.45) is 13.0 Å². The van der Waals surface area contributed by atoms with Crippen LogP contribution < -0.4 is 5.32 Å². The van der Waals surface area contributed by atoms with Crippen molar-refractivity contribution in [3.05, 3.63) is 35.0 Å². The fraction of sp³-hybridized carbons (Fsp3) is 0.706. The molecule has 262 valence electrons. The molecule has 47 heavy (non-hydrogen) atoms. The summed E-state index contributed by atoms with van der Waals surface area (Å²) >= 11 is 0. The Balaban J connectivity index is 2.10. The second-order valence-electron chi connectivity index (χ2n) is 14.6. The Morgan fingerprint density at radius 2 is 1.79 bits per heavy atom. The SMILES string of the molecule is CCOC(=O)c1cnn(C)c1[C@@H]1C[C@H](N(CC(C)C)C(=O)c2cnc(C(C)(C)C)nc2NCCCOC)CN(C(=O)OC(C)(C)C)C1. The molecule has 13 nitrogen and oxygen atoms in total. The number of carbonyl (C=O) groups excluding carboxylic acids is 3. The molecule has 1 aliphatic rings. The third-order valence-electron chi connectivity index (χ3n) is 7.72. The first-order valence-electron chi connectivity index (χ1n) is 16.5. The van der Waals surface area contributed by atoms with Crippen LogP contribution in [0.5, 0.6) is 0 Å². The second-order valence-corrected chi connectivity index (χ2v) is 14.6. The predicted octanol–water partition coefficient (Wildman–Crippen LogP) is 5.02. The first-order chi connectivity index (χ1) is 22.0. The van der Waals surface area contributed by atoms with Crippen LogP contribution in [0.15, 0.2) is 12.4 Å². The third-order valence-corrected chi connectivity index (χ3v) is 7.72. The van der Waals surface area contributed by atoms with Crippen LogP contribution in [-0.2, 0) is 26.7 Å². The summed E-state index contributed by atoms with van der Waals surface area (Å²) in [5, 5.41) is 7.72. The number of aromatic nitrogens is 4. The van der Waals surface area contributed by atoms with Gasteiger partial charge in [-0.3, -0.25) is 9.48 Å². The summed E-state index contributed by atoms with van der Waals surface area (Å²) in [6, 6.07) is -0.412. The lowest BCUT2D eigenvalue weighted by Crippen LogP contribution is -2.55. The Morgan fingerprint density at radius 3 is 2.38 bits per heavy atom. The van der Waals surface area contributed by atoms with Crippen LogP contribution in [0.1, 0.15) is 113 Å². The van der Waals surface area contributed by atoms with Gasteiger partial charge in [-0.15, -0.1) is 0 Å². The average Bonchev–Trinajstić information content (AvgIpc) is 3.37. The maximum absolute atomic E-state index is 14.6. The summed E-state index contributed by atoms with van der Waals surface area (Å²) in [4.78, 5) is 54.0. The number of nitrogens with zero attached hydrogens (tertiary/aromatic N) is 6. The van der Waals surface area contributed by atoms with E-state index in [0.717, 1.165) is 6.42 Å². The van der Waals surface area contributed by atoms with E-state index >= 15 is 0 Å². The van der Waals surface area contributed by atoms with E-state index in [-0.39, 0.29) is 42.9 Å². The van der Waals surface area contributed by atoms with Crippen molar-refractivity contribution < 1.29 is 28.6 Å². The molecule has 1 fully saturated rings. The largest absolute Gasteiger partial charge is 0.462 e. The van der Waals surface area contributed by atoms with Crippen LogP contribution in [0.2, 0.25) is 0 Å². The maximum atomic E-state index is 14.6. The number of hydrogen-bond acceptors (Lipinski definition) is 10. The Morgan fingerprint density at radius 1 is 1.09 bits per heavy atom. The average molecular weight is 658 g/mol. The van der Waals surface area contributed by atoms with Crippen molar-refractivity contribution in [1.82, 2.24) is 29.5 Å². The zero-order valence-corrected chi connectivity index (χ0v) is 30.2. The van der Waals surface area contributed by atoms with Crippen LogP contribution in [-0.4, -0.2) is 106 Å². The summed E-state index contributed by atoms with van der Waals surface area (Å²) in [5.74, 6) is 0.161. The van der Waals surface area contributed by atoms with Gasteiger partial charge in [0.2, 0.25) is 0 Å². The molecule has 1 aliphatic heterocycles. The molecule has 2 amide bonds. The van der Waals surface area contributed by atoms with Gasteiger partial charge in [0.25, 0.3) is 5.91 Å². The van der Waals surface area contributed by atoms with Crippen LogP contribution in [0, 0.1) is 5.92 Å². The van der Waals surface area contributed by atoms with Crippen LogP contribution >= 0.6 is 0 Å². The van der Waals surface area contributed by atoms with E-state index in [4.69, 9.17) is 19.2 Å². The minimum Gasteiger partial charge on any atom is -0.462 e. The molecule has 0 aromatic carbocycles. The minimum absolute atomic E-state index is 0.119. The van der Waals surface area contributed by atoms with E-state index in [1.165, 1.54) is 6.20 Å². The molecule has 0 radical (unpaired) electrons. The molecule has 0 bridgehead atoms. The van der Waals surface area contributed by atoms with E-state index in [2.05, 4.69) is 29.2 Å². The molecule has 13 heteroatoms. The van der Waals surface area contributed by atoms with Gasteiger partial charge in [0.1, 0.15) is 28.4 Å². The highest BCUT2D eigenvalue weighted by Crippen LogP contribution is 2.34. The second kappa shape index (κ2) is 15.9. The maximum Gasteiger partial charge on any atom is 0.410 e. The number of ether oxygens (including phenoxy) is 3. The zero-order valence-electron chi connectivity index (χ0n) is 30.2. The number of aryl methyl sites for hydroxylation is 1. The smallest absolute Gasteiger partial charge is 0.410 e. The highest BCUT2D eigenvalue weighted by Gasteiger charge is 2.41. The highest BCUT2D eigenvalue weighted by molar-refractivity contribution is 5.98. The lowest BCUT2D eigenvalue weighted by Gasteiger charge is -2.43. The first kappa shape index (κ1) is 37.7. The fourth-order valence-electron chi connectivity index (χ4n) is 5.67. The molecule has 2 aromatic heterocycles. The number of carbonyl (C=O) groups is 3. The molecule has 0 saturated carbocycles. The molecule has 0 unspecified atom stereocenters. The molecule has 1 N–H and O–H groups in total. The van der Waals surface area contributed by atoms with Crippen molar-refractivity contribution in [3.63, 3.8) is 0 Å². The van der Waals surface area contributed by atoms with Crippen LogP contribution in [0.25, 0.3) is 0 Å². The predicted molar refractivity (Wildman–Crippen MR) is 180 cm³/mol. The molecule has 2 aromatic rings. The van der Waals surface area contributed by atoms with Crippen molar-refractivity contribution >= 4 is 23.8 Å². The van der Waals surface area contributed by atoms with Gasteiger partial charge in [-0.05, 0) is 46.5 Å².